The van der Waals surface area contributed by atoms with Crippen LogP contribution < -0.4 is 0 Å². The van der Waals surface area contributed by atoms with Gasteiger partial charge in [-0.05, 0) is 58.9 Å². The molecule has 0 spiro atoms. The van der Waals surface area contributed by atoms with E-state index in [1.54, 1.807) is 12.1 Å². The Morgan fingerprint density at radius 2 is 1.45 bits per heavy atom. The van der Waals surface area contributed by atoms with Crippen molar-refractivity contribution in [1.29, 1.82) is 0 Å². The molecule has 0 unspecified atom stereocenters. The Kier molecular flexibility index (Phi) is 6.02. The van der Waals surface area contributed by atoms with E-state index >= 15 is 0 Å². The predicted molar refractivity (Wildman–Crippen MR) is 116 cm³/mol. The van der Waals surface area contributed by atoms with Gasteiger partial charge >= 0.3 is 0 Å². The zero-order chi connectivity index (χ0) is 22.2. The molecule has 0 heterocycles. The van der Waals surface area contributed by atoms with Gasteiger partial charge in [0.2, 0.25) is 9.84 Å². The second-order valence-corrected chi connectivity index (χ2v) is 11.0. The molecule has 0 bridgehead atoms. The van der Waals surface area contributed by atoms with Crippen LogP contribution in [0, 0.1) is 18.2 Å². The largest absolute Gasteiger partial charge is 0.507 e. The van der Waals surface area contributed by atoms with Gasteiger partial charge in [0.25, 0.3) is 0 Å². The highest BCUT2D eigenvalue weighted by Gasteiger charge is 2.27. The highest BCUT2D eigenvalue weighted by Crippen LogP contribution is 2.40. The fourth-order valence-corrected chi connectivity index (χ4v) is 4.17. The summed E-state index contributed by atoms with van der Waals surface area (Å²) in [7, 11) is -3.98. The van der Waals surface area contributed by atoms with E-state index in [9.17, 15) is 17.9 Å². The van der Waals surface area contributed by atoms with Crippen LogP contribution in [0.5, 0.6) is 5.75 Å². The van der Waals surface area contributed by atoms with Gasteiger partial charge in [-0.15, -0.1) is 6.42 Å². The first-order chi connectivity index (χ1) is 13.2. The average Bonchev–Trinajstić information content (AvgIpc) is 2.58. The van der Waals surface area contributed by atoms with Gasteiger partial charge < -0.3 is 5.11 Å². The van der Waals surface area contributed by atoms with Crippen LogP contribution in [-0.4, -0.2) is 13.5 Å². The van der Waals surface area contributed by atoms with Crippen molar-refractivity contribution in [2.45, 2.75) is 57.3 Å². The lowest BCUT2D eigenvalue weighted by molar-refractivity contribution is 0.423. The van der Waals surface area contributed by atoms with Crippen molar-refractivity contribution in [2.24, 2.45) is 0 Å². The molecule has 0 aliphatic carbocycles. The number of hydrogen-bond acceptors (Lipinski definition) is 3. The molecule has 3 nitrogen and oxygen atoms in total. The third-order valence-corrected chi connectivity index (χ3v) is 6.31. The molecule has 2 aromatic carbocycles. The molecule has 2 rings (SSSR count). The number of rotatable bonds is 3. The molecular weight excluding hydrogens is 387 g/mol. The van der Waals surface area contributed by atoms with Gasteiger partial charge in [0.1, 0.15) is 16.5 Å². The molecule has 0 atom stereocenters. The molecular formula is C24H27FO3S. The minimum Gasteiger partial charge on any atom is -0.507 e. The van der Waals surface area contributed by atoms with Crippen LogP contribution in [0.25, 0.3) is 6.08 Å². The summed E-state index contributed by atoms with van der Waals surface area (Å²) in [5.74, 6) is 1.92. The highest BCUT2D eigenvalue weighted by molar-refractivity contribution is 7.95. The number of allylic oxidation sites excluding steroid dienone is 1. The number of phenols is 1. The van der Waals surface area contributed by atoms with Gasteiger partial charge in [0, 0.05) is 11.1 Å². The number of phenolic OH excluding ortho intramolecular Hbond substituents is 1. The molecule has 29 heavy (non-hydrogen) atoms. The fraction of sp³-hybridized carbons (Fsp3) is 0.333. The quantitative estimate of drug-likeness (QED) is 0.527. The molecule has 0 amide bonds. The summed E-state index contributed by atoms with van der Waals surface area (Å²) in [5, 5.41) is 10.8. The zero-order valence-corrected chi connectivity index (χ0v) is 18.5. The van der Waals surface area contributed by atoms with Gasteiger partial charge in [-0.3, -0.25) is 0 Å². The number of hydrogen-bond donors (Lipinski definition) is 1. The number of terminal acetylenes is 1. The Bertz CT molecular complexity index is 1050. The molecule has 154 valence electrons. The Hall–Kier alpha value is -2.58. The molecule has 0 aliphatic heterocycles. The molecule has 0 aromatic heterocycles. The van der Waals surface area contributed by atoms with E-state index in [-0.39, 0.29) is 26.4 Å². The van der Waals surface area contributed by atoms with Crippen LogP contribution in [0.4, 0.5) is 4.39 Å². The molecule has 0 saturated heterocycles. The van der Waals surface area contributed by atoms with E-state index in [0.717, 1.165) is 12.1 Å². The van der Waals surface area contributed by atoms with Crippen molar-refractivity contribution in [2.75, 3.05) is 0 Å². The lowest BCUT2D eigenvalue weighted by Crippen LogP contribution is -2.17. The Morgan fingerprint density at radius 3 is 1.83 bits per heavy atom. The third kappa shape index (κ3) is 4.89. The smallest absolute Gasteiger partial charge is 0.214 e. The second kappa shape index (κ2) is 7.68. The van der Waals surface area contributed by atoms with Gasteiger partial charge in [-0.25, -0.2) is 12.8 Å². The number of halogens is 1. The SMILES string of the molecule is C#C/C(=C\c1cc(C(C)(C)C)c(O)c(C(C)(C)C)c1)S(=O)(=O)c1ccc(F)cc1. The van der Waals surface area contributed by atoms with E-state index in [4.69, 9.17) is 6.42 Å². The number of sulfone groups is 1. The van der Waals surface area contributed by atoms with Gasteiger partial charge in [0.05, 0.1) is 4.90 Å². The first-order valence-electron chi connectivity index (χ1n) is 9.25. The van der Waals surface area contributed by atoms with Crippen LogP contribution in [0.3, 0.4) is 0 Å². The molecule has 0 aliphatic rings. The molecule has 0 fully saturated rings. The van der Waals surface area contributed by atoms with Crippen LogP contribution in [0.15, 0.2) is 46.2 Å². The lowest BCUT2D eigenvalue weighted by atomic mass is 9.78. The molecule has 0 saturated carbocycles. The van der Waals surface area contributed by atoms with Crippen LogP contribution in [0.2, 0.25) is 0 Å². The summed E-state index contributed by atoms with van der Waals surface area (Å²) < 4.78 is 39.0. The lowest BCUT2D eigenvalue weighted by Gasteiger charge is -2.28. The Labute approximate surface area is 173 Å². The molecule has 5 heteroatoms. The van der Waals surface area contributed by atoms with E-state index < -0.39 is 15.7 Å². The summed E-state index contributed by atoms with van der Waals surface area (Å²) in [6, 6.07) is 8.04. The summed E-state index contributed by atoms with van der Waals surface area (Å²) in [6.07, 6.45) is 6.95. The topological polar surface area (TPSA) is 54.4 Å². The normalized spacial score (nSPS) is 13.2. The number of benzene rings is 2. The second-order valence-electron chi connectivity index (χ2n) is 9.07. The zero-order valence-electron chi connectivity index (χ0n) is 17.7. The van der Waals surface area contributed by atoms with Crippen LogP contribution in [0.1, 0.15) is 58.2 Å². The summed E-state index contributed by atoms with van der Waals surface area (Å²) in [5.41, 5.74) is 1.26. The maximum atomic E-state index is 13.2. The van der Waals surface area contributed by atoms with Gasteiger partial charge in [-0.2, -0.15) is 0 Å². The maximum absolute atomic E-state index is 13.2. The van der Waals surface area contributed by atoms with E-state index in [1.807, 2.05) is 41.5 Å². The third-order valence-electron chi connectivity index (χ3n) is 4.60. The standard InChI is InChI=1S/C24H27FO3S/c1-8-18(29(27,28)19-11-9-17(25)10-12-19)13-16-14-20(23(2,3)4)22(26)21(15-16)24(5,6)7/h1,9-15,26H,2-7H3/b18-13+. The van der Waals surface area contributed by atoms with E-state index in [2.05, 4.69) is 5.92 Å². The monoisotopic (exact) mass is 414 g/mol. The molecule has 2 aromatic rings. The first-order valence-corrected chi connectivity index (χ1v) is 10.7. The Morgan fingerprint density at radius 1 is 1.00 bits per heavy atom. The molecule has 1 N–H and O–H groups in total. The summed E-state index contributed by atoms with van der Waals surface area (Å²) in [6.45, 7) is 11.8. The summed E-state index contributed by atoms with van der Waals surface area (Å²) >= 11 is 0. The van der Waals surface area contributed by atoms with Gasteiger partial charge in [-0.1, -0.05) is 47.5 Å². The van der Waals surface area contributed by atoms with Crippen molar-refractivity contribution in [3.05, 3.63) is 63.8 Å². The van der Waals surface area contributed by atoms with Crippen molar-refractivity contribution < 1.29 is 17.9 Å². The van der Waals surface area contributed by atoms with E-state index in [0.29, 0.717) is 16.7 Å². The Balaban J connectivity index is 2.73. The van der Waals surface area contributed by atoms with Crippen molar-refractivity contribution in [3.63, 3.8) is 0 Å². The van der Waals surface area contributed by atoms with Crippen molar-refractivity contribution >= 4 is 15.9 Å². The van der Waals surface area contributed by atoms with Crippen molar-refractivity contribution in [3.8, 4) is 18.1 Å². The first kappa shape index (κ1) is 22.7. The average molecular weight is 415 g/mol. The molecule has 0 radical (unpaired) electrons. The fourth-order valence-electron chi connectivity index (χ4n) is 2.97. The number of aromatic hydroxyl groups is 1. The maximum Gasteiger partial charge on any atom is 0.214 e. The van der Waals surface area contributed by atoms with Gasteiger partial charge in [0.15, 0.2) is 0 Å². The minimum absolute atomic E-state index is 0.0750. The van der Waals surface area contributed by atoms with Crippen LogP contribution >= 0.6 is 0 Å². The summed E-state index contributed by atoms with van der Waals surface area (Å²) in [4.78, 5) is -0.302. The minimum atomic E-state index is -3.98. The highest BCUT2D eigenvalue weighted by atomic mass is 32.2. The van der Waals surface area contributed by atoms with Crippen LogP contribution in [-0.2, 0) is 20.7 Å². The van der Waals surface area contributed by atoms with E-state index in [1.165, 1.54) is 18.2 Å². The van der Waals surface area contributed by atoms with Crippen molar-refractivity contribution in [1.82, 2.24) is 0 Å². The predicted octanol–water partition coefficient (Wildman–Crippen LogP) is 5.57.